The molecule has 5 rings (SSSR count). The molecule has 3 heterocycles. The molecular formula is C27H30O15. The number of rotatable bonds is 6. The van der Waals surface area contributed by atoms with E-state index in [4.69, 9.17) is 23.4 Å². The van der Waals surface area contributed by atoms with Crippen LogP contribution in [0.15, 0.2) is 45.6 Å². The lowest BCUT2D eigenvalue weighted by molar-refractivity contribution is -0.277. The summed E-state index contributed by atoms with van der Waals surface area (Å²) in [4.78, 5) is 13.7. The number of aromatic hydroxyl groups is 2. The summed E-state index contributed by atoms with van der Waals surface area (Å²) < 4.78 is 28.0. The van der Waals surface area contributed by atoms with Crippen LogP contribution < -0.4 is 14.9 Å². The van der Waals surface area contributed by atoms with Gasteiger partial charge in [-0.05, 0) is 31.2 Å². The van der Waals surface area contributed by atoms with Crippen molar-refractivity contribution in [1.82, 2.24) is 0 Å². The van der Waals surface area contributed by atoms with E-state index in [9.17, 15) is 50.8 Å². The van der Waals surface area contributed by atoms with Gasteiger partial charge in [0.2, 0.25) is 23.8 Å². The van der Waals surface area contributed by atoms with Gasteiger partial charge in [0.1, 0.15) is 70.9 Å². The molecule has 1 aromatic heterocycles. The maximum atomic E-state index is 13.7. The van der Waals surface area contributed by atoms with Crippen LogP contribution in [0.1, 0.15) is 6.92 Å². The van der Waals surface area contributed by atoms with Crippen LogP contribution in [0.25, 0.3) is 22.3 Å². The minimum atomic E-state index is -1.78. The van der Waals surface area contributed by atoms with E-state index < -0.39 is 90.3 Å². The molecule has 0 bridgehead atoms. The van der Waals surface area contributed by atoms with E-state index in [1.807, 2.05) is 0 Å². The van der Waals surface area contributed by atoms with Crippen molar-refractivity contribution in [3.63, 3.8) is 0 Å². The zero-order valence-corrected chi connectivity index (χ0v) is 21.9. The van der Waals surface area contributed by atoms with Crippen molar-refractivity contribution >= 4 is 11.0 Å². The lowest BCUT2D eigenvalue weighted by Gasteiger charge is -2.39. The SMILES string of the molecule is C[C@H]1OC(Oc2c(-c3ccc(O)cc3)oc3cc(OC4O[C@H](CO)[C@@H](O)[C@H](O)[C@H]4O)cc(O)c3c2=O)[C@@H](O)[C@@H](O)[C@@H]1O. The molecule has 2 saturated heterocycles. The maximum absolute atomic E-state index is 13.7. The lowest BCUT2D eigenvalue weighted by atomic mass is 9.99. The number of benzene rings is 2. The molecule has 0 radical (unpaired) electrons. The first-order valence-electron chi connectivity index (χ1n) is 12.9. The Bertz CT molecular complexity index is 1470. The van der Waals surface area contributed by atoms with Gasteiger partial charge in [-0.3, -0.25) is 4.79 Å². The molecule has 15 nitrogen and oxygen atoms in total. The van der Waals surface area contributed by atoms with Crippen molar-refractivity contribution in [2.75, 3.05) is 6.61 Å². The molecule has 2 unspecified atom stereocenters. The zero-order valence-electron chi connectivity index (χ0n) is 21.9. The van der Waals surface area contributed by atoms with Gasteiger partial charge in [-0.1, -0.05) is 0 Å². The van der Waals surface area contributed by atoms with Crippen molar-refractivity contribution in [3.05, 3.63) is 46.6 Å². The highest BCUT2D eigenvalue weighted by molar-refractivity contribution is 5.88. The monoisotopic (exact) mass is 594 g/mol. The third-order valence-electron chi connectivity index (χ3n) is 7.18. The van der Waals surface area contributed by atoms with Crippen LogP contribution >= 0.6 is 0 Å². The molecule has 2 aromatic carbocycles. The van der Waals surface area contributed by atoms with Crippen LogP contribution in [-0.4, -0.2) is 114 Å². The van der Waals surface area contributed by atoms with E-state index in [-0.39, 0.29) is 28.4 Å². The second-order valence-corrected chi connectivity index (χ2v) is 10.1. The Labute approximate surface area is 236 Å². The summed E-state index contributed by atoms with van der Waals surface area (Å²) in [6.45, 7) is 0.721. The normalized spacial score (nSPS) is 33.4. The fourth-order valence-corrected chi connectivity index (χ4v) is 4.76. The molecule has 2 aliphatic heterocycles. The smallest absolute Gasteiger partial charge is 0.239 e. The van der Waals surface area contributed by atoms with Gasteiger partial charge in [0.05, 0.1) is 12.7 Å². The third-order valence-corrected chi connectivity index (χ3v) is 7.18. The molecule has 2 aliphatic rings. The highest BCUT2D eigenvalue weighted by atomic mass is 16.7. The molecule has 0 aliphatic carbocycles. The Morgan fingerprint density at radius 1 is 0.786 bits per heavy atom. The average Bonchev–Trinajstić information content (AvgIpc) is 2.96. The van der Waals surface area contributed by atoms with E-state index >= 15 is 0 Å². The quantitative estimate of drug-likeness (QED) is 0.154. The minimum absolute atomic E-state index is 0.103. The van der Waals surface area contributed by atoms with Gasteiger partial charge in [-0.2, -0.15) is 0 Å². The molecule has 9 N–H and O–H groups in total. The first-order chi connectivity index (χ1) is 19.9. The zero-order chi connectivity index (χ0) is 30.5. The Morgan fingerprint density at radius 2 is 1.40 bits per heavy atom. The van der Waals surface area contributed by atoms with E-state index in [0.29, 0.717) is 0 Å². The first kappa shape index (κ1) is 30.0. The average molecular weight is 595 g/mol. The lowest BCUT2D eigenvalue weighted by Crippen LogP contribution is -2.60. The summed E-state index contributed by atoms with van der Waals surface area (Å²) in [6, 6.07) is 7.53. The Balaban J connectivity index is 1.58. The van der Waals surface area contributed by atoms with Gasteiger partial charge in [0.25, 0.3) is 0 Å². The van der Waals surface area contributed by atoms with E-state index in [2.05, 4.69) is 0 Å². The number of aliphatic hydroxyl groups is 7. The number of phenols is 2. The fourth-order valence-electron chi connectivity index (χ4n) is 4.76. The minimum Gasteiger partial charge on any atom is -0.508 e. The van der Waals surface area contributed by atoms with Crippen molar-refractivity contribution in [2.24, 2.45) is 0 Å². The molecule has 15 heteroatoms. The van der Waals surface area contributed by atoms with Gasteiger partial charge in [-0.25, -0.2) is 0 Å². The summed E-state index contributed by atoms with van der Waals surface area (Å²) in [5.74, 6) is -1.74. The number of aliphatic hydroxyl groups excluding tert-OH is 7. The van der Waals surface area contributed by atoms with Gasteiger partial charge >= 0.3 is 0 Å². The van der Waals surface area contributed by atoms with Gasteiger partial charge in [0.15, 0.2) is 5.76 Å². The highest BCUT2D eigenvalue weighted by Gasteiger charge is 2.45. The first-order valence-corrected chi connectivity index (χ1v) is 12.9. The molecule has 42 heavy (non-hydrogen) atoms. The highest BCUT2D eigenvalue weighted by Crippen LogP contribution is 2.38. The molecular weight excluding hydrogens is 564 g/mol. The summed E-state index contributed by atoms with van der Waals surface area (Å²) in [6.07, 6.45) is -15.5. The second-order valence-electron chi connectivity index (χ2n) is 10.1. The van der Waals surface area contributed by atoms with Crippen LogP contribution in [0.3, 0.4) is 0 Å². The van der Waals surface area contributed by atoms with Gasteiger partial charge in [0, 0.05) is 17.7 Å². The Hall–Kier alpha value is -3.51. The number of fused-ring (bicyclic) bond motifs is 1. The van der Waals surface area contributed by atoms with Crippen LogP contribution in [0.5, 0.6) is 23.0 Å². The van der Waals surface area contributed by atoms with E-state index in [0.717, 1.165) is 6.07 Å². The fraction of sp³-hybridized carbons (Fsp3) is 0.444. The second kappa shape index (κ2) is 11.6. The van der Waals surface area contributed by atoms with Crippen molar-refractivity contribution in [1.29, 1.82) is 0 Å². The standard InChI is InChI=1S/C27H30O15/c1-9-17(31)20(34)22(36)26(38-9)42-25-19(33)16-13(30)6-12(39-27-23(37)21(35)18(32)15(8-28)41-27)7-14(16)40-24(25)10-2-4-11(29)5-3-10/h2-7,9,15,17-18,20-23,26-32,34-37H,8H2,1H3/t9-,15-,17-,18-,20+,21+,22+,23-,26?,27?/m1/s1. The topological polar surface area (TPSA) is 249 Å². The van der Waals surface area contributed by atoms with Crippen LogP contribution in [0, 0.1) is 0 Å². The largest absolute Gasteiger partial charge is 0.508 e. The van der Waals surface area contributed by atoms with Crippen LogP contribution in [0.2, 0.25) is 0 Å². The number of hydrogen-bond donors (Lipinski definition) is 9. The Morgan fingerprint density at radius 3 is 2.05 bits per heavy atom. The predicted octanol–water partition coefficient (Wildman–Crippen LogP) is -1.74. The van der Waals surface area contributed by atoms with Gasteiger partial charge < -0.3 is 69.3 Å². The number of ether oxygens (including phenoxy) is 4. The van der Waals surface area contributed by atoms with Crippen molar-refractivity contribution in [3.8, 4) is 34.3 Å². The van der Waals surface area contributed by atoms with Crippen LogP contribution in [0.4, 0.5) is 0 Å². The number of hydrogen-bond acceptors (Lipinski definition) is 15. The predicted molar refractivity (Wildman–Crippen MR) is 139 cm³/mol. The molecule has 0 amide bonds. The molecule has 0 spiro atoms. The summed E-state index contributed by atoms with van der Waals surface area (Å²) >= 11 is 0. The number of phenolic OH excluding ortho intramolecular Hbond substituents is 2. The maximum Gasteiger partial charge on any atom is 0.239 e. The summed E-state index contributed by atoms with van der Waals surface area (Å²) in [7, 11) is 0. The van der Waals surface area contributed by atoms with E-state index in [1.54, 1.807) is 0 Å². The third kappa shape index (κ3) is 5.37. The molecule has 3 aromatic rings. The molecule has 2 fully saturated rings. The summed E-state index contributed by atoms with van der Waals surface area (Å²) in [5.41, 5.74) is -0.968. The van der Waals surface area contributed by atoms with Crippen molar-refractivity contribution in [2.45, 2.75) is 68.3 Å². The van der Waals surface area contributed by atoms with Crippen LogP contribution in [-0.2, 0) is 9.47 Å². The summed E-state index contributed by atoms with van der Waals surface area (Å²) in [5, 5.41) is 90.6. The molecule has 228 valence electrons. The van der Waals surface area contributed by atoms with E-state index in [1.165, 1.54) is 37.3 Å². The van der Waals surface area contributed by atoms with Crippen molar-refractivity contribution < 1.29 is 69.3 Å². The molecule has 10 atom stereocenters. The van der Waals surface area contributed by atoms with Gasteiger partial charge in [-0.15, -0.1) is 0 Å². The Kier molecular flexibility index (Phi) is 8.30. The molecule has 0 saturated carbocycles.